The summed E-state index contributed by atoms with van der Waals surface area (Å²) in [7, 11) is 1.57. The highest BCUT2D eigenvalue weighted by Crippen LogP contribution is 2.23. The molecule has 1 aliphatic heterocycles. The molecule has 1 unspecified atom stereocenters. The maximum atomic E-state index is 13.7. The Morgan fingerprint density at radius 2 is 1.97 bits per heavy atom. The van der Waals surface area contributed by atoms with E-state index in [1.54, 1.807) is 42.8 Å². The van der Waals surface area contributed by atoms with Crippen molar-refractivity contribution in [1.82, 2.24) is 23.7 Å². The Hall–Kier alpha value is -4.17. The standard InChI is InChI=1S/C24H25N7O4/c1-3-4-12-30-19-20(27-22(30)29-11-7-8-15(25)13-29)28(2)24(34)31(21(19)32)14-17-16-9-5-6-10-18(16)35-23(33)26-17/h5-6,9-10,15H,7-8,11-14,25H2,1-2H3. The number of hydrogen-bond acceptors (Lipinski definition) is 8. The molecule has 11 nitrogen and oxygen atoms in total. The lowest BCUT2D eigenvalue weighted by Crippen LogP contribution is -2.44. The lowest BCUT2D eigenvalue weighted by Gasteiger charge is -2.31. The van der Waals surface area contributed by atoms with Crippen LogP contribution in [0.1, 0.15) is 25.5 Å². The number of benzene rings is 1. The Balaban J connectivity index is 1.74. The summed E-state index contributed by atoms with van der Waals surface area (Å²) in [6.07, 6.45) is 1.82. The van der Waals surface area contributed by atoms with Gasteiger partial charge in [-0.25, -0.2) is 9.59 Å². The summed E-state index contributed by atoms with van der Waals surface area (Å²) >= 11 is 0. The molecular formula is C24H25N7O4. The molecule has 5 rings (SSSR count). The van der Waals surface area contributed by atoms with Crippen molar-refractivity contribution in [2.24, 2.45) is 12.8 Å². The smallest absolute Gasteiger partial charge is 0.408 e. The average Bonchev–Trinajstić information content (AvgIpc) is 3.23. The molecule has 3 aromatic heterocycles. The van der Waals surface area contributed by atoms with E-state index in [4.69, 9.17) is 15.1 Å². The lowest BCUT2D eigenvalue weighted by atomic mass is 10.1. The molecular weight excluding hydrogens is 450 g/mol. The molecule has 0 radical (unpaired) electrons. The molecule has 2 N–H and O–H groups in total. The first kappa shape index (κ1) is 22.6. The maximum Gasteiger partial charge on any atom is 0.439 e. The number of rotatable bonds is 4. The van der Waals surface area contributed by atoms with Crippen LogP contribution in [0, 0.1) is 11.8 Å². The van der Waals surface area contributed by atoms with Gasteiger partial charge in [0.05, 0.1) is 18.8 Å². The first-order valence-electron chi connectivity index (χ1n) is 11.4. The highest BCUT2D eigenvalue weighted by Gasteiger charge is 2.26. The van der Waals surface area contributed by atoms with E-state index in [2.05, 4.69) is 16.8 Å². The Morgan fingerprint density at radius 1 is 1.17 bits per heavy atom. The normalized spacial score (nSPS) is 16.0. The van der Waals surface area contributed by atoms with Gasteiger partial charge in [-0.2, -0.15) is 9.97 Å². The van der Waals surface area contributed by atoms with Gasteiger partial charge in [0.2, 0.25) is 5.95 Å². The number of hydrogen-bond donors (Lipinski definition) is 1. The van der Waals surface area contributed by atoms with Crippen LogP contribution in [0.3, 0.4) is 0 Å². The third kappa shape index (κ3) is 3.91. The number of aromatic nitrogens is 5. The summed E-state index contributed by atoms with van der Waals surface area (Å²) in [5, 5.41) is 0.550. The van der Waals surface area contributed by atoms with Gasteiger partial charge < -0.3 is 15.1 Å². The average molecular weight is 476 g/mol. The SMILES string of the molecule is CC#CCn1c(N2CCCC(N)C2)nc2c1c(=O)n(Cc1nc(=O)oc3ccccc13)c(=O)n2C. The van der Waals surface area contributed by atoms with Gasteiger partial charge in [-0.05, 0) is 31.9 Å². The van der Waals surface area contributed by atoms with E-state index in [-0.39, 0.29) is 36.0 Å². The molecule has 0 spiro atoms. The Labute approximate surface area is 199 Å². The lowest BCUT2D eigenvalue weighted by molar-refractivity contribution is 0.496. The highest BCUT2D eigenvalue weighted by molar-refractivity contribution is 5.79. The van der Waals surface area contributed by atoms with Crippen LogP contribution >= 0.6 is 0 Å². The van der Waals surface area contributed by atoms with Crippen LogP contribution in [0.5, 0.6) is 0 Å². The van der Waals surface area contributed by atoms with Gasteiger partial charge in [0.1, 0.15) is 5.58 Å². The fraction of sp³-hybridized carbons (Fsp3) is 0.375. The van der Waals surface area contributed by atoms with Crippen LogP contribution < -0.4 is 27.6 Å². The number of piperidine rings is 1. The molecule has 0 bridgehead atoms. The third-order valence-corrected chi connectivity index (χ3v) is 6.30. The predicted octanol–water partition coefficient (Wildman–Crippen LogP) is 0.397. The molecule has 4 heterocycles. The monoisotopic (exact) mass is 475 g/mol. The summed E-state index contributed by atoms with van der Waals surface area (Å²) in [6.45, 7) is 3.11. The van der Waals surface area contributed by atoms with Crippen molar-refractivity contribution in [3.8, 4) is 11.8 Å². The molecule has 1 aliphatic rings. The first-order chi connectivity index (χ1) is 16.9. The molecule has 0 amide bonds. The first-order valence-corrected chi connectivity index (χ1v) is 11.4. The van der Waals surface area contributed by atoms with Crippen LogP contribution in [-0.2, 0) is 20.1 Å². The van der Waals surface area contributed by atoms with Gasteiger partial charge in [0.25, 0.3) is 5.56 Å². The number of aryl methyl sites for hydroxylation is 1. The Bertz CT molecular complexity index is 1680. The van der Waals surface area contributed by atoms with Gasteiger partial charge in [-0.3, -0.25) is 18.5 Å². The van der Waals surface area contributed by atoms with Gasteiger partial charge in [-0.15, -0.1) is 5.92 Å². The van der Waals surface area contributed by atoms with E-state index in [9.17, 15) is 14.4 Å². The minimum atomic E-state index is -0.795. The third-order valence-electron chi connectivity index (χ3n) is 6.30. The number of anilines is 1. The van der Waals surface area contributed by atoms with Crippen molar-refractivity contribution < 1.29 is 4.42 Å². The summed E-state index contributed by atoms with van der Waals surface area (Å²) in [5.41, 5.74) is 6.24. The number of imidazole rings is 1. The second-order valence-electron chi connectivity index (χ2n) is 8.60. The number of nitrogens with two attached hydrogens (primary N) is 1. The highest BCUT2D eigenvalue weighted by atomic mass is 16.4. The largest absolute Gasteiger partial charge is 0.439 e. The Kier molecular flexibility index (Phi) is 5.74. The van der Waals surface area contributed by atoms with Crippen LogP contribution in [0.15, 0.2) is 43.1 Å². The fourth-order valence-electron chi connectivity index (χ4n) is 4.59. The minimum Gasteiger partial charge on any atom is -0.408 e. The molecule has 1 fully saturated rings. The predicted molar refractivity (Wildman–Crippen MR) is 131 cm³/mol. The van der Waals surface area contributed by atoms with Crippen molar-refractivity contribution in [2.75, 3.05) is 18.0 Å². The zero-order valence-electron chi connectivity index (χ0n) is 19.5. The summed E-state index contributed by atoms with van der Waals surface area (Å²) in [5.74, 6) is 5.64. The van der Waals surface area contributed by atoms with Gasteiger partial charge in [0, 0.05) is 31.6 Å². The second kappa shape index (κ2) is 8.88. The van der Waals surface area contributed by atoms with E-state index in [1.165, 1.54) is 4.57 Å². The van der Waals surface area contributed by atoms with Crippen molar-refractivity contribution in [2.45, 2.75) is 38.9 Å². The maximum absolute atomic E-state index is 13.7. The zero-order valence-corrected chi connectivity index (χ0v) is 19.5. The molecule has 1 aromatic carbocycles. The summed E-state index contributed by atoms with van der Waals surface area (Å²) in [6, 6.07) is 6.87. The van der Waals surface area contributed by atoms with E-state index in [1.807, 2.05) is 4.90 Å². The molecule has 180 valence electrons. The molecule has 35 heavy (non-hydrogen) atoms. The number of fused-ring (bicyclic) bond motifs is 2. The van der Waals surface area contributed by atoms with Crippen LogP contribution in [-0.4, -0.2) is 42.8 Å². The van der Waals surface area contributed by atoms with Crippen LogP contribution in [0.2, 0.25) is 0 Å². The van der Waals surface area contributed by atoms with Crippen molar-refractivity contribution in [1.29, 1.82) is 0 Å². The van der Waals surface area contributed by atoms with Gasteiger partial charge in [-0.1, -0.05) is 18.1 Å². The van der Waals surface area contributed by atoms with Gasteiger partial charge >= 0.3 is 11.4 Å². The summed E-state index contributed by atoms with van der Waals surface area (Å²) in [4.78, 5) is 49.7. The molecule has 0 saturated carbocycles. The molecule has 4 aromatic rings. The quantitative estimate of drug-likeness (QED) is 0.419. The molecule has 1 atom stereocenters. The van der Waals surface area contributed by atoms with Gasteiger partial charge in [0.15, 0.2) is 11.2 Å². The molecule has 1 saturated heterocycles. The van der Waals surface area contributed by atoms with E-state index < -0.39 is 17.0 Å². The van der Waals surface area contributed by atoms with E-state index >= 15 is 0 Å². The Morgan fingerprint density at radius 3 is 2.74 bits per heavy atom. The van der Waals surface area contributed by atoms with Crippen molar-refractivity contribution >= 4 is 28.1 Å². The zero-order chi connectivity index (χ0) is 24.7. The van der Waals surface area contributed by atoms with Crippen molar-refractivity contribution in [3.63, 3.8) is 0 Å². The molecule has 0 aliphatic carbocycles. The fourth-order valence-corrected chi connectivity index (χ4v) is 4.59. The van der Waals surface area contributed by atoms with E-state index in [0.717, 1.165) is 24.0 Å². The minimum absolute atomic E-state index is 0.00103. The topological polar surface area (TPSA) is 134 Å². The van der Waals surface area contributed by atoms with Crippen LogP contribution in [0.25, 0.3) is 22.1 Å². The van der Waals surface area contributed by atoms with E-state index in [0.29, 0.717) is 23.5 Å². The second-order valence-corrected chi connectivity index (χ2v) is 8.60. The number of para-hydroxylation sites is 1. The van der Waals surface area contributed by atoms with Crippen LogP contribution in [0.4, 0.5) is 5.95 Å². The summed E-state index contributed by atoms with van der Waals surface area (Å²) < 4.78 is 9.31. The number of nitrogens with zero attached hydrogens (tertiary/aromatic N) is 6. The van der Waals surface area contributed by atoms with Crippen molar-refractivity contribution in [3.05, 3.63) is 61.3 Å². The molecule has 11 heteroatoms.